The van der Waals surface area contributed by atoms with Gasteiger partial charge in [-0.1, -0.05) is 38.1 Å². The summed E-state index contributed by atoms with van der Waals surface area (Å²) < 4.78 is 5.42. The Bertz CT molecular complexity index is 738. The van der Waals surface area contributed by atoms with E-state index in [0.717, 1.165) is 0 Å². The van der Waals surface area contributed by atoms with Gasteiger partial charge in [0, 0.05) is 17.7 Å². The lowest BCUT2D eigenvalue weighted by Crippen LogP contribution is -2.54. The van der Waals surface area contributed by atoms with Crippen LogP contribution in [0.15, 0.2) is 35.6 Å². The molecular formula is C17H19NO5. The van der Waals surface area contributed by atoms with Crippen molar-refractivity contribution in [3.05, 3.63) is 46.7 Å². The number of rotatable bonds is 3. The number of Topliss-reactive ketones (excluding diaryl/α,β-unsaturated/α-hetero) is 1. The van der Waals surface area contributed by atoms with Crippen LogP contribution in [-0.4, -0.2) is 34.0 Å². The monoisotopic (exact) mass is 317 g/mol. The van der Waals surface area contributed by atoms with Gasteiger partial charge >= 0.3 is 0 Å². The number of hydrogen-bond donors (Lipinski definition) is 3. The topological polar surface area (TPSA) is 95.9 Å². The first-order chi connectivity index (χ1) is 10.7. The van der Waals surface area contributed by atoms with Crippen molar-refractivity contribution < 1.29 is 24.5 Å². The lowest BCUT2D eigenvalue weighted by atomic mass is 9.85. The number of aliphatic hydroxyl groups is 2. The molecule has 1 heterocycles. The summed E-state index contributed by atoms with van der Waals surface area (Å²) in [6, 6.07) is 6.26. The van der Waals surface area contributed by atoms with Crippen molar-refractivity contribution >= 4 is 11.7 Å². The first-order valence-corrected chi connectivity index (χ1v) is 7.51. The number of ether oxygens (including phenoxy) is 1. The molecule has 1 aliphatic heterocycles. The van der Waals surface area contributed by atoms with Crippen LogP contribution in [0.25, 0.3) is 0 Å². The van der Waals surface area contributed by atoms with Gasteiger partial charge in [-0.2, -0.15) is 0 Å². The predicted molar refractivity (Wildman–Crippen MR) is 81.3 cm³/mol. The Balaban J connectivity index is 2.07. The fourth-order valence-corrected chi connectivity index (χ4v) is 3.17. The highest BCUT2D eigenvalue weighted by Crippen LogP contribution is 2.54. The molecule has 0 radical (unpaired) electrons. The number of ketones is 1. The molecule has 0 saturated carbocycles. The van der Waals surface area contributed by atoms with Gasteiger partial charge in [0.25, 0.3) is 11.7 Å². The molecule has 2 aliphatic rings. The average Bonchev–Trinajstić information content (AvgIpc) is 2.80. The maximum atomic E-state index is 12.7. The molecule has 1 aromatic rings. The summed E-state index contributed by atoms with van der Waals surface area (Å²) in [4.78, 5) is 25.2. The highest BCUT2D eigenvalue weighted by molar-refractivity contribution is 6.16. The predicted octanol–water partition coefficient (Wildman–Crippen LogP) is 0.836. The van der Waals surface area contributed by atoms with Crippen molar-refractivity contribution in [2.24, 2.45) is 5.92 Å². The Morgan fingerprint density at radius 3 is 2.61 bits per heavy atom. The number of nitrogens with one attached hydrogen (secondary N) is 1. The Kier molecular flexibility index (Phi) is 3.35. The number of fused-ring (bicyclic) bond motifs is 3. The molecular weight excluding hydrogens is 298 g/mol. The van der Waals surface area contributed by atoms with Gasteiger partial charge in [0.1, 0.15) is 11.3 Å². The van der Waals surface area contributed by atoms with Gasteiger partial charge in [-0.15, -0.1) is 0 Å². The summed E-state index contributed by atoms with van der Waals surface area (Å²) in [5.41, 5.74) is -2.35. The quantitative estimate of drug-likeness (QED) is 0.767. The number of hydrogen-bond acceptors (Lipinski definition) is 5. The first-order valence-electron chi connectivity index (χ1n) is 7.51. The summed E-state index contributed by atoms with van der Waals surface area (Å²) in [7, 11) is 0. The van der Waals surface area contributed by atoms with Gasteiger partial charge in [-0.25, -0.2) is 0 Å². The van der Waals surface area contributed by atoms with E-state index in [0.29, 0.717) is 6.54 Å². The van der Waals surface area contributed by atoms with E-state index in [1.807, 2.05) is 13.8 Å². The zero-order valence-electron chi connectivity index (χ0n) is 13.2. The lowest BCUT2D eigenvalue weighted by molar-refractivity contribution is -0.235. The zero-order chi connectivity index (χ0) is 17.0. The minimum atomic E-state index is -2.43. The molecule has 0 saturated heterocycles. The number of benzene rings is 1. The van der Waals surface area contributed by atoms with Gasteiger partial charge in [0.2, 0.25) is 11.4 Å². The van der Waals surface area contributed by atoms with Gasteiger partial charge in [0.15, 0.2) is 0 Å². The van der Waals surface area contributed by atoms with Gasteiger partial charge in [-0.3, -0.25) is 9.59 Å². The molecule has 0 fully saturated rings. The summed E-state index contributed by atoms with van der Waals surface area (Å²) in [5.74, 6) is -3.38. The van der Waals surface area contributed by atoms with Crippen LogP contribution in [0.5, 0.6) is 0 Å². The van der Waals surface area contributed by atoms with Crippen molar-refractivity contribution in [1.82, 2.24) is 5.32 Å². The van der Waals surface area contributed by atoms with Crippen molar-refractivity contribution in [1.29, 1.82) is 0 Å². The summed E-state index contributed by atoms with van der Waals surface area (Å²) in [6.45, 7) is 5.68. The molecule has 3 rings (SSSR count). The van der Waals surface area contributed by atoms with E-state index in [1.54, 1.807) is 12.1 Å². The number of amides is 1. The molecule has 0 spiro atoms. The third kappa shape index (κ3) is 1.88. The van der Waals surface area contributed by atoms with E-state index in [4.69, 9.17) is 4.74 Å². The van der Waals surface area contributed by atoms with E-state index < -0.39 is 23.1 Å². The van der Waals surface area contributed by atoms with E-state index >= 15 is 0 Å². The van der Waals surface area contributed by atoms with Gasteiger partial charge < -0.3 is 20.3 Å². The summed E-state index contributed by atoms with van der Waals surface area (Å²) in [5, 5.41) is 24.5. The Hall–Kier alpha value is -2.18. The average molecular weight is 317 g/mol. The van der Waals surface area contributed by atoms with Crippen LogP contribution in [0.3, 0.4) is 0 Å². The molecule has 1 amide bonds. The molecule has 0 aromatic heterocycles. The second-order valence-electron chi connectivity index (χ2n) is 6.37. The third-order valence-electron chi connectivity index (χ3n) is 4.27. The van der Waals surface area contributed by atoms with E-state index in [2.05, 4.69) is 5.32 Å². The first kappa shape index (κ1) is 15.7. The minimum Gasteiger partial charge on any atom is -0.458 e. The minimum absolute atomic E-state index is 0.0408. The van der Waals surface area contributed by atoms with Crippen LogP contribution < -0.4 is 5.32 Å². The van der Waals surface area contributed by atoms with Crippen molar-refractivity contribution in [3.63, 3.8) is 0 Å². The van der Waals surface area contributed by atoms with Crippen molar-refractivity contribution in [2.45, 2.75) is 32.2 Å². The van der Waals surface area contributed by atoms with E-state index in [1.165, 1.54) is 19.1 Å². The van der Waals surface area contributed by atoms with E-state index in [-0.39, 0.29) is 28.4 Å². The molecule has 2 atom stereocenters. The van der Waals surface area contributed by atoms with Crippen molar-refractivity contribution in [3.8, 4) is 0 Å². The molecule has 3 N–H and O–H groups in total. The highest BCUT2D eigenvalue weighted by Gasteiger charge is 2.72. The third-order valence-corrected chi connectivity index (χ3v) is 4.27. The van der Waals surface area contributed by atoms with Gasteiger partial charge in [0.05, 0.1) is 0 Å². The number of carbonyl (C=O) groups excluding carboxylic acids is 2. The Morgan fingerprint density at radius 1 is 1.30 bits per heavy atom. The van der Waals surface area contributed by atoms with E-state index in [9.17, 15) is 19.8 Å². The fraction of sp³-hybridized carbons (Fsp3) is 0.412. The smallest absolute Gasteiger partial charge is 0.276 e. The van der Waals surface area contributed by atoms with Crippen LogP contribution >= 0.6 is 0 Å². The lowest BCUT2D eigenvalue weighted by Gasteiger charge is -2.30. The fourth-order valence-electron chi connectivity index (χ4n) is 3.17. The normalized spacial score (nSPS) is 28.7. The van der Waals surface area contributed by atoms with Crippen LogP contribution in [0.2, 0.25) is 0 Å². The highest BCUT2D eigenvalue weighted by atomic mass is 16.7. The standard InChI is InChI=1S/C17H19NO5/c1-9(2)8-18-15(20)13-10(3)23-17(22)12-7-5-4-6-11(12)14(19)16(13,17)21/h4-7,9,21-22H,8H2,1-3H3,(H,18,20). The van der Waals surface area contributed by atoms with Gasteiger partial charge in [-0.05, 0) is 12.8 Å². The Labute approximate surface area is 133 Å². The van der Waals surface area contributed by atoms with Crippen LogP contribution in [0.4, 0.5) is 0 Å². The summed E-state index contributed by atoms with van der Waals surface area (Å²) in [6.07, 6.45) is 0. The molecule has 1 aliphatic carbocycles. The molecule has 2 unspecified atom stereocenters. The van der Waals surface area contributed by atoms with Crippen molar-refractivity contribution in [2.75, 3.05) is 6.54 Å². The molecule has 6 nitrogen and oxygen atoms in total. The Morgan fingerprint density at radius 2 is 1.96 bits per heavy atom. The largest absolute Gasteiger partial charge is 0.458 e. The maximum absolute atomic E-state index is 12.7. The summed E-state index contributed by atoms with van der Waals surface area (Å²) >= 11 is 0. The van der Waals surface area contributed by atoms with Crippen LogP contribution in [0, 0.1) is 5.92 Å². The number of carbonyl (C=O) groups is 2. The maximum Gasteiger partial charge on any atom is 0.276 e. The molecule has 0 bridgehead atoms. The SMILES string of the molecule is CC1=C(C(=O)NCC(C)C)C2(O)C(=O)c3ccccc3C2(O)O1. The molecule has 122 valence electrons. The second kappa shape index (κ2) is 4.91. The van der Waals surface area contributed by atoms with Crippen LogP contribution in [0.1, 0.15) is 36.7 Å². The number of allylic oxidation sites excluding steroid dienone is 1. The molecule has 23 heavy (non-hydrogen) atoms. The molecule has 6 heteroatoms. The second-order valence-corrected chi connectivity index (χ2v) is 6.37. The molecule has 1 aromatic carbocycles. The zero-order valence-corrected chi connectivity index (χ0v) is 13.2. The van der Waals surface area contributed by atoms with Crippen LogP contribution in [-0.2, 0) is 15.3 Å².